The summed E-state index contributed by atoms with van der Waals surface area (Å²) in [5.74, 6) is 0. The summed E-state index contributed by atoms with van der Waals surface area (Å²) < 4.78 is 109. The van der Waals surface area contributed by atoms with E-state index in [4.69, 9.17) is 0 Å². The van der Waals surface area contributed by atoms with Crippen LogP contribution in [0.1, 0.15) is 0 Å². The Kier molecular flexibility index (Phi) is 8.04. The van der Waals surface area contributed by atoms with Gasteiger partial charge < -0.3 is 4.13 Å². The van der Waals surface area contributed by atoms with E-state index in [0.717, 1.165) is 4.13 Å². The molecule has 0 bridgehead atoms. The number of alkyl halides is 6. The van der Waals surface area contributed by atoms with Crippen LogP contribution >= 0.6 is 0 Å². The first-order valence-corrected chi connectivity index (χ1v) is 6.89. The Balaban J connectivity index is 0. The molecule has 1 heterocycles. The van der Waals surface area contributed by atoms with Gasteiger partial charge in [0.25, 0.3) is 0 Å². The minimum atomic E-state index is -6.72. The van der Waals surface area contributed by atoms with Crippen molar-refractivity contribution >= 4 is 20.0 Å². The second-order valence-corrected chi connectivity index (χ2v) is 6.10. The first-order chi connectivity index (χ1) is 8.71. The minimum Gasteiger partial charge on any atom is -0.421 e. The SMILES string of the molecule is O=S(=O)([N-]S(=O)(=O)C(F)(F)F)C(F)(F)F.[Li+].c1cn[nH]c1. The maximum Gasteiger partial charge on any atom is 1.00 e. The van der Waals surface area contributed by atoms with Crippen molar-refractivity contribution in [1.29, 1.82) is 0 Å². The molecule has 0 aromatic carbocycles. The fraction of sp³-hybridized carbons (Fsp3) is 0.400. The van der Waals surface area contributed by atoms with Crippen LogP contribution in [0.3, 0.4) is 0 Å². The second kappa shape index (κ2) is 7.49. The zero-order valence-electron chi connectivity index (χ0n) is 9.84. The number of hydrogen-bond donors (Lipinski definition) is 1. The maximum atomic E-state index is 11.4. The molecule has 16 heteroatoms. The van der Waals surface area contributed by atoms with Crippen molar-refractivity contribution < 1.29 is 62.0 Å². The largest absolute Gasteiger partial charge is 1.00 e. The second-order valence-electron chi connectivity index (χ2n) is 2.68. The van der Waals surface area contributed by atoms with E-state index in [0.29, 0.717) is 0 Å². The monoisotopic (exact) mass is 355 g/mol. The van der Waals surface area contributed by atoms with Gasteiger partial charge in [-0.15, -0.1) is 0 Å². The molecule has 0 aliphatic heterocycles. The maximum absolute atomic E-state index is 11.4. The number of aromatic amines is 1. The van der Waals surface area contributed by atoms with Gasteiger partial charge in [0.2, 0.25) is 0 Å². The molecule has 1 N–H and O–H groups in total. The number of hydrogen-bond acceptors (Lipinski definition) is 5. The van der Waals surface area contributed by atoms with E-state index in [1.807, 2.05) is 6.07 Å². The van der Waals surface area contributed by atoms with Gasteiger partial charge in [-0.05, 0) is 6.07 Å². The summed E-state index contributed by atoms with van der Waals surface area (Å²) >= 11 is 0. The molecule has 0 amide bonds. The first kappa shape index (κ1) is 22.5. The predicted octanol–water partition coefficient (Wildman–Crippen LogP) is -1.53. The topological polar surface area (TPSA) is 111 Å². The Morgan fingerprint density at radius 3 is 1.43 bits per heavy atom. The van der Waals surface area contributed by atoms with Crippen LogP contribution < -0.4 is 18.9 Å². The zero-order valence-corrected chi connectivity index (χ0v) is 11.5. The first-order valence-electron chi connectivity index (χ1n) is 4.01. The van der Waals surface area contributed by atoms with E-state index in [1.165, 1.54) is 0 Å². The molecule has 0 spiro atoms. The van der Waals surface area contributed by atoms with E-state index in [9.17, 15) is 43.2 Å². The van der Waals surface area contributed by atoms with Gasteiger partial charge in [-0.2, -0.15) is 31.4 Å². The molecule has 1 aromatic rings. The van der Waals surface area contributed by atoms with Crippen LogP contribution in [-0.4, -0.2) is 38.0 Å². The van der Waals surface area contributed by atoms with Gasteiger partial charge in [0.1, 0.15) is 0 Å². The number of nitrogens with zero attached hydrogens (tertiary/aromatic N) is 2. The summed E-state index contributed by atoms with van der Waals surface area (Å²) in [5, 5.41) is 6.21. The van der Waals surface area contributed by atoms with Crippen LogP contribution in [0.15, 0.2) is 18.5 Å². The zero-order chi connectivity index (χ0) is 16.2. The third kappa shape index (κ3) is 7.18. The van der Waals surface area contributed by atoms with E-state index in [2.05, 4.69) is 10.2 Å². The Labute approximate surface area is 126 Å². The van der Waals surface area contributed by atoms with Gasteiger partial charge in [0.15, 0.2) is 20.0 Å². The standard InChI is InChI=1S/C3H4N2.C2F6NO4S2.Li/c1-2-4-5-3-1;3-1(4,5)14(10,11)9-15(12,13)2(6,7)8;/h1-3H,(H,4,5);;/q;-1;+1. The van der Waals surface area contributed by atoms with Crippen molar-refractivity contribution in [3.05, 3.63) is 22.6 Å². The van der Waals surface area contributed by atoms with Crippen molar-refractivity contribution in [3.63, 3.8) is 0 Å². The molecule has 1 aromatic heterocycles. The molecule has 0 atom stereocenters. The smallest absolute Gasteiger partial charge is 0.421 e. The molecule has 0 saturated heterocycles. The van der Waals surface area contributed by atoms with Crippen molar-refractivity contribution in [2.75, 3.05) is 0 Å². The molecule has 0 aliphatic rings. The fourth-order valence-corrected chi connectivity index (χ4v) is 2.14. The number of sulfonamides is 2. The molecule has 0 radical (unpaired) electrons. The molecule has 7 nitrogen and oxygen atoms in total. The Morgan fingerprint density at radius 2 is 1.29 bits per heavy atom. The van der Waals surface area contributed by atoms with E-state index < -0.39 is 31.1 Å². The van der Waals surface area contributed by atoms with Crippen molar-refractivity contribution in [1.82, 2.24) is 10.2 Å². The molecule has 0 unspecified atom stereocenters. The normalized spacial score (nSPS) is 12.9. The Bertz CT molecular complexity index is 549. The summed E-state index contributed by atoms with van der Waals surface area (Å²) in [4.78, 5) is 0. The van der Waals surface area contributed by atoms with E-state index in [-0.39, 0.29) is 18.9 Å². The van der Waals surface area contributed by atoms with Crippen molar-refractivity contribution in [3.8, 4) is 0 Å². The molecule has 21 heavy (non-hydrogen) atoms. The Hall–Kier alpha value is -0.753. The number of aromatic nitrogens is 2. The molecule has 0 saturated carbocycles. The summed E-state index contributed by atoms with van der Waals surface area (Å²) in [5.41, 5.74) is -12.4. The predicted molar refractivity (Wildman–Crippen MR) is 51.9 cm³/mol. The fourth-order valence-electron chi connectivity index (χ4n) is 0.429. The molecule has 0 aliphatic carbocycles. The summed E-state index contributed by atoms with van der Waals surface area (Å²) in [6, 6.07) is 1.83. The molecular formula is C5H4F6LiN3O4S2. The van der Waals surface area contributed by atoms with Gasteiger partial charge in [-0.1, -0.05) is 0 Å². The van der Waals surface area contributed by atoms with Crippen LogP contribution in [0.25, 0.3) is 4.13 Å². The third-order valence-electron chi connectivity index (χ3n) is 1.19. The van der Waals surface area contributed by atoms with Gasteiger partial charge >= 0.3 is 29.9 Å². The van der Waals surface area contributed by atoms with Crippen LogP contribution in [0.4, 0.5) is 26.3 Å². The quantitative estimate of drug-likeness (QED) is 0.511. The minimum absolute atomic E-state index is 0. The summed E-state index contributed by atoms with van der Waals surface area (Å²) in [7, 11) is -13.4. The van der Waals surface area contributed by atoms with Crippen LogP contribution in [0.5, 0.6) is 0 Å². The number of halogens is 6. The third-order valence-corrected chi connectivity index (χ3v) is 3.93. The van der Waals surface area contributed by atoms with E-state index >= 15 is 0 Å². The van der Waals surface area contributed by atoms with Crippen LogP contribution in [-0.2, 0) is 20.0 Å². The van der Waals surface area contributed by atoms with Gasteiger partial charge in [-0.25, -0.2) is 16.8 Å². The molecular weight excluding hydrogens is 351 g/mol. The van der Waals surface area contributed by atoms with Crippen molar-refractivity contribution in [2.24, 2.45) is 0 Å². The van der Waals surface area contributed by atoms with Crippen LogP contribution in [0, 0.1) is 0 Å². The summed E-state index contributed by atoms with van der Waals surface area (Å²) in [6.07, 6.45) is 3.46. The van der Waals surface area contributed by atoms with Crippen LogP contribution in [0.2, 0.25) is 0 Å². The Morgan fingerprint density at radius 1 is 0.905 bits per heavy atom. The summed E-state index contributed by atoms with van der Waals surface area (Å²) in [6.45, 7) is 0. The molecule has 118 valence electrons. The van der Waals surface area contributed by atoms with Gasteiger partial charge in [0, 0.05) is 12.4 Å². The van der Waals surface area contributed by atoms with Gasteiger partial charge in [-0.3, -0.25) is 5.10 Å². The average molecular weight is 355 g/mol. The molecule has 0 fully saturated rings. The molecule has 1 rings (SSSR count). The average Bonchev–Trinajstić information content (AvgIpc) is 2.68. The van der Waals surface area contributed by atoms with Crippen molar-refractivity contribution in [2.45, 2.75) is 11.0 Å². The number of nitrogens with one attached hydrogen (secondary N) is 1. The number of H-pyrrole nitrogens is 1. The van der Waals surface area contributed by atoms with E-state index in [1.54, 1.807) is 12.4 Å². The number of rotatable bonds is 2. The van der Waals surface area contributed by atoms with Gasteiger partial charge in [0.05, 0.1) is 0 Å².